The molecule has 1 aromatic carbocycles. The summed E-state index contributed by atoms with van der Waals surface area (Å²) in [6, 6.07) is 7.89. The molecule has 1 amide bonds. The standard InChI is InChI=1S/C24H21N3O6S3/c1-11-5-7-13(8-6-11)14-9-34-20-17(14)19(29)26-24(27-20)35-10-15(28)25-21-16(22(30)32-3)12(2)18(36-21)23(31)33-4/h5-9H,10H2,1-4H3,(H,25,28)(H,26,27,29). The summed E-state index contributed by atoms with van der Waals surface area (Å²) < 4.78 is 9.55. The van der Waals surface area contributed by atoms with Crippen LogP contribution in [-0.4, -0.2) is 47.8 Å². The number of nitrogens with zero attached hydrogens (tertiary/aromatic N) is 1. The average Bonchev–Trinajstić information content (AvgIpc) is 3.43. The van der Waals surface area contributed by atoms with Gasteiger partial charge in [0.1, 0.15) is 14.7 Å². The second-order valence-corrected chi connectivity index (χ2v) is 10.5. The molecule has 0 atom stereocenters. The predicted octanol–water partition coefficient (Wildman–Crippen LogP) is 4.63. The van der Waals surface area contributed by atoms with Crippen LogP contribution in [0.5, 0.6) is 0 Å². The van der Waals surface area contributed by atoms with Crippen molar-refractivity contribution in [3.8, 4) is 11.1 Å². The highest BCUT2D eigenvalue weighted by Crippen LogP contribution is 2.35. The average molecular weight is 544 g/mol. The van der Waals surface area contributed by atoms with Gasteiger partial charge in [-0.3, -0.25) is 9.59 Å². The van der Waals surface area contributed by atoms with E-state index in [9.17, 15) is 19.2 Å². The maximum atomic E-state index is 12.8. The molecular formula is C24H21N3O6S3. The zero-order valence-corrected chi connectivity index (χ0v) is 22.2. The topological polar surface area (TPSA) is 127 Å². The number of fused-ring (bicyclic) bond motifs is 1. The first-order chi connectivity index (χ1) is 17.2. The van der Waals surface area contributed by atoms with Gasteiger partial charge in [0.05, 0.1) is 30.9 Å². The van der Waals surface area contributed by atoms with Crippen LogP contribution >= 0.6 is 34.4 Å². The highest BCUT2D eigenvalue weighted by Gasteiger charge is 2.27. The quantitative estimate of drug-likeness (QED) is 0.196. The number of carbonyl (C=O) groups excluding carboxylic acids is 3. The van der Waals surface area contributed by atoms with Crippen LogP contribution in [0, 0.1) is 13.8 Å². The minimum absolute atomic E-state index is 0.0875. The number of amides is 1. The molecular weight excluding hydrogens is 522 g/mol. The SMILES string of the molecule is COC(=O)c1sc(NC(=O)CSc2nc3scc(-c4ccc(C)cc4)c3c(=O)[nH]2)c(C(=O)OC)c1C. The fraction of sp³-hybridized carbons (Fsp3) is 0.208. The van der Waals surface area contributed by atoms with Crippen LogP contribution in [0.3, 0.4) is 0 Å². The monoisotopic (exact) mass is 543 g/mol. The summed E-state index contributed by atoms with van der Waals surface area (Å²) in [6.07, 6.45) is 0. The molecule has 0 unspecified atom stereocenters. The summed E-state index contributed by atoms with van der Waals surface area (Å²) in [5.74, 6) is -1.83. The van der Waals surface area contributed by atoms with Gasteiger partial charge >= 0.3 is 11.9 Å². The third-order valence-electron chi connectivity index (χ3n) is 5.28. The van der Waals surface area contributed by atoms with E-state index < -0.39 is 17.8 Å². The van der Waals surface area contributed by atoms with E-state index in [2.05, 4.69) is 15.3 Å². The Kier molecular flexibility index (Phi) is 7.57. The maximum absolute atomic E-state index is 12.8. The molecule has 12 heteroatoms. The Morgan fingerprint density at radius 1 is 1.08 bits per heavy atom. The number of anilines is 1. The number of aromatic amines is 1. The van der Waals surface area contributed by atoms with Gasteiger partial charge in [-0.2, -0.15) is 0 Å². The van der Waals surface area contributed by atoms with Crippen LogP contribution < -0.4 is 10.9 Å². The van der Waals surface area contributed by atoms with Crippen molar-refractivity contribution in [2.24, 2.45) is 0 Å². The highest BCUT2D eigenvalue weighted by atomic mass is 32.2. The van der Waals surface area contributed by atoms with Gasteiger partial charge in [-0.05, 0) is 25.0 Å². The van der Waals surface area contributed by atoms with E-state index in [4.69, 9.17) is 9.47 Å². The Morgan fingerprint density at radius 3 is 2.44 bits per heavy atom. The smallest absolute Gasteiger partial charge is 0.348 e. The number of nitrogens with one attached hydrogen (secondary N) is 2. The minimum Gasteiger partial charge on any atom is -0.465 e. The van der Waals surface area contributed by atoms with E-state index in [0.717, 1.165) is 39.8 Å². The van der Waals surface area contributed by atoms with Gasteiger partial charge in [0.25, 0.3) is 5.56 Å². The van der Waals surface area contributed by atoms with Gasteiger partial charge in [-0.25, -0.2) is 14.6 Å². The number of carbonyl (C=O) groups is 3. The van der Waals surface area contributed by atoms with E-state index >= 15 is 0 Å². The zero-order valence-electron chi connectivity index (χ0n) is 19.7. The summed E-state index contributed by atoms with van der Waals surface area (Å²) in [4.78, 5) is 57.8. The maximum Gasteiger partial charge on any atom is 0.348 e. The lowest BCUT2D eigenvalue weighted by atomic mass is 10.1. The number of methoxy groups -OCH3 is 2. The predicted molar refractivity (Wildman–Crippen MR) is 142 cm³/mol. The Bertz CT molecular complexity index is 1540. The molecule has 0 aliphatic rings. The van der Waals surface area contributed by atoms with Crippen LogP contribution in [0.25, 0.3) is 21.3 Å². The molecule has 2 N–H and O–H groups in total. The molecule has 9 nitrogen and oxygen atoms in total. The molecule has 0 saturated heterocycles. The van der Waals surface area contributed by atoms with Gasteiger partial charge < -0.3 is 19.8 Å². The number of H-pyrrole nitrogens is 1. The summed E-state index contributed by atoms with van der Waals surface area (Å²) >= 11 is 3.34. The van der Waals surface area contributed by atoms with Gasteiger partial charge in [0, 0.05) is 10.9 Å². The third-order valence-corrected chi connectivity index (χ3v) is 8.22. The lowest BCUT2D eigenvalue weighted by Crippen LogP contribution is -2.17. The second-order valence-electron chi connectivity index (χ2n) is 7.65. The molecule has 0 aliphatic heterocycles. The molecule has 0 spiro atoms. The fourth-order valence-corrected chi connectivity index (χ4v) is 6.27. The van der Waals surface area contributed by atoms with E-state index in [0.29, 0.717) is 20.9 Å². The van der Waals surface area contributed by atoms with E-state index in [1.807, 2.05) is 36.6 Å². The minimum atomic E-state index is -0.680. The zero-order chi connectivity index (χ0) is 26.0. The number of hydrogen-bond acceptors (Lipinski definition) is 10. The van der Waals surface area contributed by atoms with Crippen LogP contribution in [0.2, 0.25) is 0 Å². The molecule has 3 heterocycles. The largest absolute Gasteiger partial charge is 0.465 e. The number of thiophene rings is 2. The number of hydrogen-bond donors (Lipinski definition) is 2. The molecule has 186 valence electrons. The molecule has 4 rings (SSSR count). The number of ether oxygens (including phenoxy) is 2. The van der Waals surface area contributed by atoms with Gasteiger partial charge in [0.15, 0.2) is 5.16 Å². The third kappa shape index (κ3) is 5.06. The second kappa shape index (κ2) is 10.6. The van der Waals surface area contributed by atoms with Gasteiger partial charge in [-0.15, -0.1) is 22.7 Å². The van der Waals surface area contributed by atoms with E-state index in [1.165, 1.54) is 25.6 Å². The summed E-state index contributed by atoms with van der Waals surface area (Å²) in [7, 11) is 2.45. The van der Waals surface area contributed by atoms with E-state index in [1.54, 1.807) is 6.92 Å². The van der Waals surface area contributed by atoms with Crippen molar-refractivity contribution in [3.05, 3.63) is 61.6 Å². The van der Waals surface area contributed by atoms with Crippen LogP contribution in [0.1, 0.15) is 31.2 Å². The van der Waals surface area contributed by atoms with Crippen molar-refractivity contribution in [2.75, 3.05) is 25.3 Å². The van der Waals surface area contributed by atoms with Crippen LogP contribution in [0.15, 0.2) is 39.6 Å². The van der Waals surface area contributed by atoms with Gasteiger partial charge in [-0.1, -0.05) is 41.6 Å². The Labute approximate surface area is 217 Å². The molecule has 36 heavy (non-hydrogen) atoms. The van der Waals surface area contributed by atoms with Crippen molar-refractivity contribution < 1.29 is 23.9 Å². The van der Waals surface area contributed by atoms with E-state index in [-0.39, 0.29) is 26.8 Å². The Hall–Kier alpha value is -3.48. The van der Waals surface area contributed by atoms with Crippen molar-refractivity contribution in [1.29, 1.82) is 0 Å². The molecule has 4 aromatic rings. The molecule has 3 aromatic heterocycles. The number of benzene rings is 1. The first-order valence-corrected chi connectivity index (χ1v) is 13.2. The van der Waals surface area contributed by atoms with Crippen LogP contribution in [0.4, 0.5) is 5.00 Å². The molecule has 0 aliphatic carbocycles. The lowest BCUT2D eigenvalue weighted by Gasteiger charge is -2.06. The summed E-state index contributed by atoms with van der Waals surface area (Å²) in [6.45, 7) is 3.58. The van der Waals surface area contributed by atoms with Crippen molar-refractivity contribution in [3.63, 3.8) is 0 Å². The molecule has 0 fully saturated rings. The number of rotatable bonds is 7. The number of esters is 2. The van der Waals surface area contributed by atoms with Crippen LogP contribution in [-0.2, 0) is 14.3 Å². The number of aromatic nitrogens is 2. The molecule has 0 radical (unpaired) electrons. The van der Waals surface area contributed by atoms with Crippen molar-refractivity contribution in [2.45, 2.75) is 19.0 Å². The summed E-state index contributed by atoms with van der Waals surface area (Å²) in [5.41, 5.74) is 3.03. The first-order valence-electron chi connectivity index (χ1n) is 10.5. The summed E-state index contributed by atoms with van der Waals surface area (Å²) in [5, 5.41) is 5.53. The normalized spacial score (nSPS) is 10.9. The first kappa shape index (κ1) is 25.6. The number of aryl methyl sites for hydroxylation is 1. The van der Waals surface area contributed by atoms with Crippen molar-refractivity contribution in [1.82, 2.24) is 9.97 Å². The van der Waals surface area contributed by atoms with Gasteiger partial charge in [0.2, 0.25) is 5.91 Å². The number of thioether (sulfide) groups is 1. The van der Waals surface area contributed by atoms with Crippen molar-refractivity contribution >= 4 is 67.5 Å². The fourth-order valence-electron chi connectivity index (χ4n) is 3.48. The Balaban J connectivity index is 1.52. The molecule has 0 saturated carbocycles. The lowest BCUT2D eigenvalue weighted by molar-refractivity contribution is -0.113. The molecule has 0 bridgehead atoms. The Morgan fingerprint density at radius 2 is 1.78 bits per heavy atom. The highest BCUT2D eigenvalue weighted by molar-refractivity contribution is 7.99.